The Bertz CT molecular complexity index is 438. The van der Waals surface area contributed by atoms with E-state index in [2.05, 4.69) is 0 Å². The quantitative estimate of drug-likeness (QED) is 0.457. The van der Waals surface area contributed by atoms with Crippen molar-refractivity contribution in [3.05, 3.63) is 35.9 Å². The summed E-state index contributed by atoms with van der Waals surface area (Å²) in [6, 6.07) is 9.30. The normalized spacial score (nSPS) is 24.4. The van der Waals surface area contributed by atoms with E-state index in [0.717, 1.165) is 24.8 Å². The standard InChI is InChI=1S/C15H18O3/c1-18-14(17)15(12-8-4-2-5-9-12)11-7-3-6-10-13(15)16/h2,4-5,8-9H,3,6-7,10-11H2,1H3. The number of carbonyl (C=O) groups is 2. The van der Waals surface area contributed by atoms with Crippen LogP contribution in [0.1, 0.15) is 37.7 Å². The highest BCUT2D eigenvalue weighted by Crippen LogP contribution is 2.36. The van der Waals surface area contributed by atoms with E-state index in [0.29, 0.717) is 12.8 Å². The van der Waals surface area contributed by atoms with Gasteiger partial charge in [-0.25, -0.2) is 0 Å². The van der Waals surface area contributed by atoms with Gasteiger partial charge in [0.25, 0.3) is 0 Å². The third kappa shape index (κ3) is 2.05. The van der Waals surface area contributed by atoms with Gasteiger partial charge in [-0.1, -0.05) is 43.2 Å². The van der Waals surface area contributed by atoms with Crippen molar-refractivity contribution in [2.45, 2.75) is 37.5 Å². The van der Waals surface area contributed by atoms with Gasteiger partial charge >= 0.3 is 5.97 Å². The Kier molecular flexibility index (Phi) is 3.80. The van der Waals surface area contributed by atoms with E-state index in [1.165, 1.54) is 7.11 Å². The highest BCUT2D eigenvalue weighted by atomic mass is 16.5. The molecule has 0 radical (unpaired) electrons. The van der Waals surface area contributed by atoms with Crippen molar-refractivity contribution in [1.29, 1.82) is 0 Å². The second-order valence-electron chi connectivity index (χ2n) is 4.75. The number of carbonyl (C=O) groups excluding carboxylic acids is 2. The Morgan fingerprint density at radius 3 is 2.56 bits per heavy atom. The van der Waals surface area contributed by atoms with Crippen LogP contribution in [0.5, 0.6) is 0 Å². The highest BCUT2D eigenvalue weighted by Gasteiger charge is 2.47. The molecule has 1 aromatic rings. The van der Waals surface area contributed by atoms with Crippen molar-refractivity contribution in [2.24, 2.45) is 0 Å². The van der Waals surface area contributed by atoms with Crippen LogP contribution >= 0.6 is 0 Å². The Morgan fingerprint density at radius 2 is 1.89 bits per heavy atom. The largest absolute Gasteiger partial charge is 0.468 e. The van der Waals surface area contributed by atoms with Gasteiger partial charge in [0.05, 0.1) is 7.11 Å². The highest BCUT2D eigenvalue weighted by molar-refractivity contribution is 6.09. The van der Waals surface area contributed by atoms with Crippen molar-refractivity contribution >= 4 is 11.8 Å². The second kappa shape index (κ2) is 5.34. The molecule has 0 saturated heterocycles. The van der Waals surface area contributed by atoms with Crippen LogP contribution in [0.15, 0.2) is 30.3 Å². The molecular formula is C15H18O3. The lowest BCUT2D eigenvalue weighted by atomic mass is 9.73. The van der Waals surface area contributed by atoms with Crippen LogP contribution in [-0.4, -0.2) is 18.9 Å². The number of methoxy groups -OCH3 is 1. The Hall–Kier alpha value is -1.64. The van der Waals surface area contributed by atoms with Crippen molar-refractivity contribution in [3.8, 4) is 0 Å². The van der Waals surface area contributed by atoms with Gasteiger partial charge in [-0.15, -0.1) is 0 Å². The van der Waals surface area contributed by atoms with Crippen molar-refractivity contribution in [1.82, 2.24) is 0 Å². The van der Waals surface area contributed by atoms with Gasteiger partial charge in [-0.05, 0) is 18.4 Å². The molecule has 3 nitrogen and oxygen atoms in total. The Morgan fingerprint density at radius 1 is 1.17 bits per heavy atom. The average molecular weight is 246 g/mol. The number of hydrogen-bond donors (Lipinski definition) is 0. The van der Waals surface area contributed by atoms with Crippen molar-refractivity contribution in [2.75, 3.05) is 7.11 Å². The monoisotopic (exact) mass is 246 g/mol. The van der Waals surface area contributed by atoms with E-state index in [9.17, 15) is 9.59 Å². The number of hydrogen-bond acceptors (Lipinski definition) is 3. The predicted octanol–water partition coefficient (Wildman–Crippen LogP) is 2.63. The van der Waals surface area contributed by atoms with Crippen LogP contribution in [0, 0.1) is 0 Å². The van der Waals surface area contributed by atoms with Gasteiger partial charge in [-0.2, -0.15) is 0 Å². The zero-order valence-electron chi connectivity index (χ0n) is 10.6. The predicted molar refractivity (Wildman–Crippen MR) is 68.2 cm³/mol. The summed E-state index contributed by atoms with van der Waals surface area (Å²) in [5.41, 5.74) is -0.310. The van der Waals surface area contributed by atoms with Gasteiger partial charge in [0, 0.05) is 6.42 Å². The number of rotatable bonds is 2. The second-order valence-corrected chi connectivity index (χ2v) is 4.75. The number of ketones is 1. The molecule has 0 spiro atoms. The molecule has 1 aromatic carbocycles. The van der Waals surface area contributed by atoms with E-state index < -0.39 is 11.4 Å². The lowest BCUT2D eigenvalue weighted by molar-refractivity contribution is -0.152. The van der Waals surface area contributed by atoms with E-state index >= 15 is 0 Å². The zero-order valence-corrected chi connectivity index (χ0v) is 10.6. The number of benzene rings is 1. The smallest absolute Gasteiger partial charge is 0.323 e. The maximum atomic E-state index is 12.4. The molecule has 1 fully saturated rings. The summed E-state index contributed by atoms with van der Waals surface area (Å²) < 4.78 is 4.91. The topological polar surface area (TPSA) is 43.4 Å². The van der Waals surface area contributed by atoms with Crippen LogP contribution in [-0.2, 0) is 19.7 Å². The maximum Gasteiger partial charge on any atom is 0.323 e. The Labute approximate surface area is 107 Å². The van der Waals surface area contributed by atoms with E-state index in [1.54, 1.807) is 0 Å². The van der Waals surface area contributed by atoms with Crippen LogP contribution in [0.3, 0.4) is 0 Å². The molecule has 0 N–H and O–H groups in total. The molecule has 0 bridgehead atoms. The van der Waals surface area contributed by atoms with E-state index in [4.69, 9.17) is 4.74 Å². The summed E-state index contributed by atoms with van der Waals surface area (Å²) >= 11 is 0. The number of ether oxygens (including phenoxy) is 1. The van der Waals surface area contributed by atoms with E-state index in [1.807, 2.05) is 30.3 Å². The SMILES string of the molecule is COC(=O)C1(c2ccccc2)CCCCCC1=O. The molecule has 1 atom stereocenters. The summed E-state index contributed by atoms with van der Waals surface area (Å²) in [6.07, 6.45) is 3.77. The number of esters is 1. The van der Waals surface area contributed by atoms with Crippen LogP contribution in [0.4, 0.5) is 0 Å². The first-order valence-electron chi connectivity index (χ1n) is 6.39. The minimum atomic E-state index is -1.08. The molecule has 2 rings (SSSR count). The first-order valence-corrected chi connectivity index (χ1v) is 6.39. The first-order chi connectivity index (χ1) is 8.71. The first kappa shape index (κ1) is 12.8. The summed E-state index contributed by atoms with van der Waals surface area (Å²) in [6.45, 7) is 0. The molecule has 1 aliphatic carbocycles. The van der Waals surface area contributed by atoms with Gasteiger partial charge in [0.1, 0.15) is 0 Å². The molecule has 18 heavy (non-hydrogen) atoms. The summed E-state index contributed by atoms with van der Waals surface area (Å²) in [5.74, 6) is -0.418. The van der Waals surface area contributed by atoms with Crippen LogP contribution in [0.25, 0.3) is 0 Å². The fraction of sp³-hybridized carbons (Fsp3) is 0.467. The third-order valence-electron chi connectivity index (χ3n) is 3.73. The molecule has 1 aliphatic rings. The molecule has 3 heteroatoms. The average Bonchev–Trinajstić information content (AvgIpc) is 2.61. The summed E-state index contributed by atoms with van der Waals surface area (Å²) in [4.78, 5) is 24.6. The van der Waals surface area contributed by atoms with Crippen LogP contribution < -0.4 is 0 Å². The van der Waals surface area contributed by atoms with Crippen molar-refractivity contribution in [3.63, 3.8) is 0 Å². The summed E-state index contributed by atoms with van der Waals surface area (Å²) in [7, 11) is 1.35. The Balaban J connectivity index is 2.52. The zero-order chi connectivity index (χ0) is 13.0. The molecular weight excluding hydrogens is 228 g/mol. The van der Waals surface area contributed by atoms with Gasteiger partial charge in [0.2, 0.25) is 0 Å². The van der Waals surface area contributed by atoms with Gasteiger partial charge in [-0.3, -0.25) is 9.59 Å². The van der Waals surface area contributed by atoms with Crippen molar-refractivity contribution < 1.29 is 14.3 Å². The van der Waals surface area contributed by atoms with Gasteiger partial charge < -0.3 is 4.74 Å². The fourth-order valence-corrected chi connectivity index (χ4v) is 2.74. The molecule has 1 unspecified atom stereocenters. The number of Topliss-reactive ketones (excluding diaryl/α,β-unsaturated/α-hetero) is 1. The summed E-state index contributed by atoms with van der Waals surface area (Å²) in [5, 5.41) is 0. The third-order valence-corrected chi connectivity index (χ3v) is 3.73. The molecule has 0 heterocycles. The van der Waals surface area contributed by atoms with E-state index in [-0.39, 0.29) is 5.78 Å². The lowest BCUT2D eigenvalue weighted by Gasteiger charge is -2.28. The molecule has 0 aliphatic heterocycles. The van der Waals surface area contributed by atoms with Crippen LogP contribution in [0.2, 0.25) is 0 Å². The minimum Gasteiger partial charge on any atom is -0.468 e. The fourth-order valence-electron chi connectivity index (χ4n) is 2.74. The lowest BCUT2D eigenvalue weighted by Crippen LogP contribution is -2.44. The molecule has 96 valence electrons. The van der Waals surface area contributed by atoms with Gasteiger partial charge in [0.15, 0.2) is 11.2 Å². The maximum absolute atomic E-state index is 12.4. The molecule has 0 aromatic heterocycles. The minimum absolute atomic E-state index is 0.00181. The molecule has 1 saturated carbocycles. The molecule has 0 amide bonds.